The highest BCUT2D eigenvalue weighted by molar-refractivity contribution is 5.83. The summed E-state index contributed by atoms with van der Waals surface area (Å²) in [6.07, 6.45) is 9.77. The van der Waals surface area contributed by atoms with Gasteiger partial charge in [-0.1, -0.05) is 25.5 Å². The largest absolute Gasteiger partial charge is 0.299 e. The quantitative estimate of drug-likeness (QED) is 0.589. The fourth-order valence-corrected chi connectivity index (χ4v) is 5.58. The highest BCUT2D eigenvalue weighted by Gasteiger charge is 2.58. The molecule has 5 rings (SSSR count). The molecule has 0 amide bonds. The zero-order valence-corrected chi connectivity index (χ0v) is 11.6. The van der Waals surface area contributed by atoms with Crippen LogP contribution in [-0.2, 0) is 4.79 Å². The van der Waals surface area contributed by atoms with Gasteiger partial charge in [0.1, 0.15) is 5.78 Å². The molecular weight excluding hydrogens is 220 g/mol. The van der Waals surface area contributed by atoms with E-state index >= 15 is 0 Å². The molecule has 3 unspecified atom stereocenters. The van der Waals surface area contributed by atoms with Crippen molar-refractivity contribution in [3.05, 3.63) is 11.6 Å². The minimum absolute atomic E-state index is 0.417. The van der Waals surface area contributed by atoms with Crippen LogP contribution < -0.4 is 0 Å². The molecule has 0 saturated heterocycles. The van der Waals surface area contributed by atoms with Crippen molar-refractivity contribution in [1.29, 1.82) is 0 Å². The van der Waals surface area contributed by atoms with E-state index in [1.807, 2.05) is 0 Å². The summed E-state index contributed by atoms with van der Waals surface area (Å²) in [6.45, 7) is 4.88. The van der Waals surface area contributed by atoms with Crippen molar-refractivity contribution in [2.75, 3.05) is 0 Å². The molecule has 1 heteroatoms. The van der Waals surface area contributed by atoms with Crippen molar-refractivity contribution in [2.45, 2.75) is 52.4 Å². The lowest BCUT2D eigenvalue weighted by molar-refractivity contribution is -0.133. The first-order valence-corrected chi connectivity index (χ1v) is 7.81. The van der Waals surface area contributed by atoms with Crippen molar-refractivity contribution in [1.82, 2.24) is 0 Å². The number of ketones is 1. The van der Waals surface area contributed by atoms with Gasteiger partial charge in [0.2, 0.25) is 0 Å². The molecular formula is C17H24O. The normalized spacial score (nSPS) is 48.7. The van der Waals surface area contributed by atoms with Gasteiger partial charge in [-0.05, 0) is 61.2 Å². The Morgan fingerprint density at radius 1 is 1.28 bits per heavy atom. The van der Waals surface area contributed by atoms with Crippen molar-refractivity contribution < 1.29 is 4.79 Å². The lowest BCUT2D eigenvalue weighted by atomic mass is 9.42. The molecule has 2 bridgehead atoms. The first kappa shape index (κ1) is 11.3. The van der Waals surface area contributed by atoms with Crippen LogP contribution in [0.1, 0.15) is 52.4 Å². The molecule has 4 saturated carbocycles. The summed E-state index contributed by atoms with van der Waals surface area (Å²) in [7, 11) is 0. The van der Waals surface area contributed by atoms with E-state index in [0.717, 1.165) is 24.7 Å². The van der Waals surface area contributed by atoms with Crippen LogP contribution in [0, 0.1) is 35.0 Å². The Morgan fingerprint density at radius 2 is 2.11 bits per heavy atom. The minimum atomic E-state index is 0.417. The Balaban J connectivity index is 1.70. The Labute approximate surface area is 110 Å². The highest BCUT2D eigenvalue weighted by Crippen LogP contribution is 2.66. The molecule has 5 aliphatic rings. The van der Waals surface area contributed by atoms with Crippen molar-refractivity contribution >= 4 is 5.78 Å². The first-order chi connectivity index (χ1) is 8.59. The van der Waals surface area contributed by atoms with Crippen molar-refractivity contribution in [3.63, 3.8) is 0 Å². The second kappa shape index (κ2) is 3.49. The lowest BCUT2D eigenvalue weighted by Gasteiger charge is -2.63. The highest BCUT2D eigenvalue weighted by atomic mass is 16.1. The third kappa shape index (κ3) is 1.26. The number of allylic oxidation sites excluding steroid dienone is 2. The predicted molar refractivity (Wildman–Crippen MR) is 72.0 cm³/mol. The number of rotatable bonds is 0. The number of carbonyl (C=O) groups excluding carboxylic acids is 1. The summed E-state index contributed by atoms with van der Waals surface area (Å²) in [4.78, 5) is 12.3. The Morgan fingerprint density at radius 3 is 2.89 bits per heavy atom. The van der Waals surface area contributed by atoms with Crippen LogP contribution in [0.2, 0.25) is 0 Å². The molecule has 0 aromatic heterocycles. The average Bonchev–Trinajstić information content (AvgIpc) is 2.37. The molecule has 5 atom stereocenters. The zero-order valence-electron chi connectivity index (χ0n) is 11.6. The fraction of sp³-hybridized carbons (Fsp3) is 0.824. The summed E-state index contributed by atoms with van der Waals surface area (Å²) in [5, 5.41) is 0. The van der Waals surface area contributed by atoms with Crippen molar-refractivity contribution in [3.8, 4) is 0 Å². The van der Waals surface area contributed by atoms with Gasteiger partial charge in [0.25, 0.3) is 0 Å². The van der Waals surface area contributed by atoms with Gasteiger partial charge in [0, 0.05) is 12.3 Å². The molecule has 0 aliphatic heterocycles. The molecule has 98 valence electrons. The van der Waals surface area contributed by atoms with Gasteiger partial charge >= 0.3 is 0 Å². The maximum atomic E-state index is 12.3. The molecule has 0 heterocycles. The van der Waals surface area contributed by atoms with Crippen LogP contribution in [0.5, 0.6) is 0 Å². The van der Waals surface area contributed by atoms with Crippen LogP contribution in [-0.4, -0.2) is 5.78 Å². The van der Waals surface area contributed by atoms with E-state index in [9.17, 15) is 4.79 Å². The number of carbonyl (C=O) groups is 1. The minimum Gasteiger partial charge on any atom is -0.299 e. The summed E-state index contributed by atoms with van der Waals surface area (Å²) in [5.74, 6) is 4.05. The van der Waals surface area contributed by atoms with Crippen molar-refractivity contribution in [2.24, 2.45) is 35.0 Å². The first-order valence-electron chi connectivity index (χ1n) is 7.81. The third-order valence-electron chi connectivity index (χ3n) is 6.81. The molecule has 0 aromatic rings. The Hall–Kier alpha value is -0.590. The van der Waals surface area contributed by atoms with E-state index in [-0.39, 0.29) is 0 Å². The molecule has 5 aliphatic carbocycles. The summed E-state index contributed by atoms with van der Waals surface area (Å²) in [6, 6.07) is 0. The fourth-order valence-electron chi connectivity index (χ4n) is 5.58. The number of hydrogen-bond acceptors (Lipinski definition) is 1. The molecule has 0 spiro atoms. The molecule has 0 N–H and O–H groups in total. The monoisotopic (exact) mass is 244 g/mol. The average molecular weight is 244 g/mol. The summed E-state index contributed by atoms with van der Waals surface area (Å²) < 4.78 is 0. The van der Waals surface area contributed by atoms with Crippen LogP contribution >= 0.6 is 0 Å². The second-order valence-electron chi connectivity index (χ2n) is 7.73. The molecule has 0 radical (unpaired) electrons. The lowest BCUT2D eigenvalue weighted by Crippen LogP contribution is -2.55. The molecule has 18 heavy (non-hydrogen) atoms. The van der Waals surface area contributed by atoms with E-state index < -0.39 is 0 Å². The van der Waals surface area contributed by atoms with Crippen LogP contribution in [0.15, 0.2) is 11.6 Å². The number of hydrogen-bond donors (Lipinski definition) is 0. The number of Topliss-reactive ketones (excluding diaryl/α,β-unsaturated/α-hetero) is 1. The second-order valence-corrected chi connectivity index (χ2v) is 7.73. The maximum Gasteiger partial charge on any atom is 0.136 e. The Kier molecular flexibility index (Phi) is 2.18. The third-order valence-corrected chi connectivity index (χ3v) is 6.81. The van der Waals surface area contributed by atoms with E-state index in [4.69, 9.17) is 0 Å². The van der Waals surface area contributed by atoms with Crippen LogP contribution in [0.4, 0.5) is 0 Å². The maximum absolute atomic E-state index is 12.3. The molecule has 0 aromatic carbocycles. The standard InChI is InChI=1S/C17H24O/c1-17(2)11-8-13-12(14(17)9-11)7-6-10-4-3-5-15(18)16(10)13/h7,10-11,13-14,16H,3-6,8-9H2,1-2H3/t10?,11-,13?,14-,16?/m0/s1. The van der Waals surface area contributed by atoms with Gasteiger partial charge in [-0.25, -0.2) is 0 Å². The van der Waals surface area contributed by atoms with Gasteiger partial charge in [-0.15, -0.1) is 0 Å². The van der Waals surface area contributed by atoms with E-state index in [1.54, 1.807) is 5.57 Å². The summed E-state index contributed by atoms with van der Waals surface area (Å²) in [5.41, 5.74) is 2.21. The van der Waals surface area contributed by atoms with Crippen LogP contribution in [0.25, 0.3) is 0 Å². The number of fused-ring (bicyclic) bond motifs is 1. The molecule has 4 fully saturated rings. The van der Waals surface area contributed by atoms with Gasteiger partial charge in [-0.2, -0.15) is 0 Å². The zero-order chi connectivity index (χ0) is 12.5. The van der Waals surface area contributed by atoms with Crippen LogP contribution in [0.3, 0.4) is 0 Å². The van der Waals surface area contributed by atoms with E-state index in [0.29, 0.717) is 29.0 Å². The van der Waals surface area contributed by atoms with E-state index in [2.05, 4.69) is 19.9 Å². The van der Waals surface area contributed by atoms with E-state index in [1.165, 1.54) is 25.7 Å². The van der Waals surface area contributed by atoms with Gasteiger partial charge in [-0.3, -0.25) is 4.79 Å². The smallest absolute Gasteiger partial charge is 0.136 e. The van der Waals surface area contributed by atoms with Gasteiger partial charge in [0.15, 0.2) is 0 Å². The SMILES string of the molecule is CC1(C)[C@H]2CC3C(=CCC4CCCC(=O)C43)[C@@H]1C2. The molecule has 1 nitrogen and oxygen atoms in total. The van der Waals surface area contributed by atoms with Gasteiger partial charge < -0.3 is 0 Å². The topological polar surface area (TPSA) is 17.1 Å². The predicted octanol–water partition coefficient (Wildman–Crippen LogP) is 3.98. The Bertz CT molecular complexity index is 431. The summed E-state index contributed by atoms with van der Waals surface area (Å²) >= 11 is 0. The van der Waals surface area contributed by atoms with Gasteiger partial charge in [0.05, 0.1) is 0 Å².